The second kappa shape index (κ2) is 5.26. The fourth-order valence-corrected chi connectivity index (χ4v) is 3.30. The zero-order valence-corrected chi connectivity index (χ0v) is 11.3. The Balaban J connectivity index is 2.05. The van der Waals surface area contributed by atoms with Gasteiger partial charge in [0.2, 0.25) is 0 Å². The molecule has 3 atom stereocenters. The monoisotopic (exact) mass is 235 g/mol. The Morgan fingerprint density at radius 1 is 1.24 bits per heavy atom. The maximum absolute atomic E-state index is 6.37. The van der Waals surface area contributed by atoms with Gasteiger partial charge in [0.25, 0.3) is 0 Å². The molecule has 1 aliphatic rings. The number of nitrogens with two attached hydrogens (primary N) is 1. The van der Waals surface area contributed by atoms with Crippen molar-refractivity contribution in [1.29, 1.82) is 0 Å². The van der Waals surface area contributed by atoms with Crippen LogP contribution in [0.2, 0.25) is 0 Å². The SMILES string of the molecule is CCc1ccc(C(N)C2CC(C)CC(C)C2)o1. The first-order valence-corrected chi connectivity index (χ1v) is 6.94. The van der Waals surface area contributed by atoms with E-state index in [0.717, 1.165) is 29.8 Å². The molecule has 96 valence electrons. The van der Waals surface area contributed by atoms with Crippen molar-refractivity contribution in [3.63, 3.8) is 0 Å². The van der Waals surface area contributed by atoms with E-state index in [0.29, 0.717) is 5.92 Å². The molecule has 2 nitrogen and oxygen atoms in total. The average Bonchev–Trinajstić information content (AvgIpc) is 2.75. The minimum absolute atomic E-state index is 0.0838. The summed E-state index contributed by atoms with van der Waals surface area (Å²) in [5.41, 5.74) is 6.37. The molecule has 2 heteroatoms. The predicted molar refractivity (Wildman–Crippen MR) is 70.7 cm³/mol. The van der Waals surface area contributed by atoms with Crippen molar-refractivity contribution in [3.05, 3.63) is 23.7 Å². The van der Waals surface area contributed by atoms with Crippen LogP contribution in [0, 0.1) is 17.8 Å². The van der Waals surface area contributed by atoms with Gasteiger partial charge in [0, 0.05) is 6.42 Å². The molecule has 0 amide bonds. The lowest BCUT2D eigenvalue weighted by atomic mass is 9.73. The van der Waals surface area contributed by atoms with E-state index in [1.165, 1.54) is 19.3 Å². The lowest BCUT2D eigenvalue weighted by molar-refractivity contribution is 0.182. The largest absolute Gasteiger partial charge is 0.464 e. The van der Waals surface area contributed by atoms with E-state index < -0.39 is 0 Å². The summed E-state index contributed by atoms with van der Waals surface area (Å²) in [5.74, 6) is 4.22. The van der Waals surface area contributed by atoms with Crippen LogP contribution in [0.3, 0.4) is 0 Å². The van der Waals surface area contributed by atoms with Gasteiger partial charge in [0.1, 0.15) is 11.5 Å². The molecule has 1 saturated carbocycles. The van der Waals surface area contributed by atoms with Gasteiger partial charge in [-0.1, -0.05) is 20.8 Å². The molecular weight excluding hydrogens is 210 g/mol. The van der Waals surface area contributed by atoms with Crippen molar-refractivity contribution in [1.82, 2.24) is 0 Å². The Morgan fingerprint density at radius 3 is 2.41 bits per heavy atom. The van der Waals surface area contributed by atoms with Crippen molar-refractivity contribution in [2.75, 3.05) is 0 Å². The normalized spacial score (nSPS) is 31.4. The Kier molecular flexibility index (Phi) is 3.93. The van der Waals surface area contributed by atoms with Gasteiger partial charge in [-0.15, -0.1) is 0 Å². The van der Waals surface area contributed by atoms with E-state index in [4.69, 9.17) is 10.2 Å². The van der Waals surface area contributed by atoms with Gasteiger partial charge in [-0.2, -0.15) is 0 Å². The summed E-state index contributed by atoms with van der Waals surface area (Å²) >= 11 is 0. The summed E-state index contributed by atoms with van der Waals surface area (Å²) in [6.45, 7) is 6.79. The summed E-state index contributed by atoms with van der Waals surface area (Å²) in [6.07, 6.45) is 4.78. The standard InChI is InChI=1S/C15H25NO/c1-4-13-5-6-14(17-13)15(16)12-8-10(2)7-11(3)9-12/h5-6,10-12,15H,4,7-9,16H2,1-3H3. The maximum atomic E-state index is 6.37. The Morgan fingerprint density at radius 2 is 1.88 bits per heavy atom. The quantitative estimate of drug-likeness (QED) is 0.862. The van der Waals surface area contributed by atoms with Crippen LogP contribution in [0.4, 0.5) is 0 Å². The van der Waals surface area contributed by atoms with E-state index in [1.54, 1.807) is 0 Å². The van der Waals surface area contributed by atoms with Crippen molar-refractivity contribution in [3.8, 4) is 0 Å². The van der Waals surface area contributed by atoms with Gasteiger partial charge in [-0.3, -0.25) is 0 Å². The molecule has 1 heterocycles. The van der Waals surface area contributed by atoms with Gasteiger partial charge in [0.15, 0.2) is 0 Å². The number of hydrogen-bond donors (Lipinski definition) is 1. The van der Waals surface area contributed by atoms with E-state index in [2.05, 4.69) is 32.9 Å². The number of rotatable bonds is 3. The molecule has 1 aromatic heterocycles. The molecule has 1 aliphatic carbocycles. The van der Waals surface area contributed by atoms with Crippen LogP contribution in [0.25, 0.3) is 0 Å². The molecule has 1 aromatic rings. The third-order valence-electron chi connectivity index (χ3n) is 4.08. The number of furan rings is 1. The van der Waals surface area contributed by atoms with E-state index >= 15 is 0 Å². The first kappa shape index (κ1) is 12.7. The fourth-order valence-electron chi connectivity index (χ4n) is 3.30. The molecule has 0 aliphatic heterocycles. The van der Waals surface area contributed by atoms with E-state index in [1.807, 2.05) is 0 Å². The molecule has 0 bridgehead atoms. The Bertz CT molecular complexity index is 348. The third kappa shape index (κ3) is 2.92. The van der Waals surface area contributed by atoms with Crippen LogP contribution < -0.4 is 5.73 Å². The van der Waals surface area contributed by atoms with Crippen molar-refractivity contribution < 1.29 is 4.42 Å². The van der Waals surface area contributed by atoms with Crippen LogP contribution in [0.1, 0.15) is 57.6 Å². The van der Waals surface area contributed by atoms with E-state index in [9.17, 15) is 0 Å². The van der Waals surface area contributed by atoms with Crippen molar-refractivity contribution in [2.45, 2.75) is 52.5 Å². The number of hydrogen-bond acceptors (Lipinski definition) is 2. The molecule has 2 rings (SSSR count). The summed E-state index contributed by atoms with van der Waals surface area (Å²) in [6, 6.07) is 4.21. The molecule has 17 heavy (non-hydrogen) atoms. The van der Waals surface area contributed by atoms with Crippen LogP contribution in [-0.4, -0.2) is 0 Å². The van der Waals surface area contributed by atoms with Gasteiger partial charge in [0.05, 0.1) is 6.04 Å². The minimum Gasteiger partial charge on any atom is -0.464 e. The van der Waals surface area contributed by atoms with Crippen LogP contribution in [-0.2, 0) is 6.42 Å². The highest BCUT2D eigenvalue weighted by atomic mass is 16.3. The van der Waals surface area contributed by atoms with Crippen LogP contribution >= 0.6 is 0 Å². The predicted octanol–water partition coefficient (Wildman–Crippen LogP) is 3.91. The van der Waals surface area contributed by atoms with Crippen LogP contribution in [0.5, 0.6) is 0 Å². The second-order valence-electron chi connectivity index (χ2n) is 5.86. The first-order valence-electron chi connectivity index (χ1n) is 6.94. The van der Waals surface area contributed by atoms with Crippen molar-refractivity contribution in [2.24, 2.45) is 23.5 Å². The first-order chi connectivity index (χ1) is 8.10. The third-order valence-corrected chi connectivity index (χ3v) is 4.08. The topological polar surface area (TPSA) is 39.2 Å². The molecule has 3 unspecified atom stereocenters. The highest BCUT2D eigenvalue weighted by Crippen LogP contribution is 2.39. The molecule has 2 N–H and O–H groups in total. The second-order valence-corrected chi connectivity index (χ2v) is 5.86. The summed E-state index contributed by atoms with van der Waals surface area (Å²) in [7, 11) is 0. The van der Waals surface area contributed by atoms with Crippen molar-refractivity contribution >= 4 is 0 Å². The summed E-state index contributed by atoms with van der Waals surface area (Å²) in [5, 5.41) is 0. The Hall–Kier alpha value is -0.760. The maximum Gasteiger partial charge on any atom is 0.121 e. The smallest absolute Gasteiger partial charge is 0.121 e. The molecule has 0 saturated heterocycles. The molecular formula is C15H25NO. The minimum atomic E-state index is 0.0838. The molecule has 1 fully saturated rings. The summed E-state index contributed by atoms with van der Waals surface area (Å²) < 4.78 is 5.79. The number of aryl methyl sites for hydroxylation is 1. The molecule has 0 radical (unpaired) electrons. The fraction of sp³-hybridized carbons (Fsp3) is 0.733. The summed E-state index contributed by atoms with van der Waals surface area (Å²) in [4.78, 5) is 0. The molecule has 0 aromatic carbocycles. The highest BCUT2D eigenvalue weighted by Gasteiger charge is 2.30. The van der Waals surface area contributed by atoms with E-state index in [-0.39, 0.29) is 6.04 Å². The van der Waals surface area contributed by atoms with Gasteiger partial charge in [-0.05, 0) is 49.1 Å². The zero-order valence-electron chi connectivity index (χ0n) is 11.3. The highest BCUT2D eigenvalue weighted by molar-refractivity contribution is 5.11. The Labute approximate surface area is 105 Å². The van der Waals surface area contributed by atoms with Gasteiger partial charge in [-0.25, -0.2) is 0 Å². The van der Waals surface area contributed by atoms with Crippen LogP contribution in [0.15, 0.2) is 16.5 Å². The lowest BCUT2D eigenvalue weighted by Crippen LogP contribution is -2.29. The average molecular weight is 235 g/mol. The van der Waals surface area contributed by atoms with Gasteiger partial charge >= 0.3 is 0 Å². The van der Waals surface area contributed by atoms with Gasteiger partial charge < -0.3 is 10.2 Å². The molecule has 0 spiro atoms. The zero-order chi connectivity index (χ0) is 12.4. The lowest BCUT2D eigenvalue weighted by Gasteiger charge is -2.34.